The number of rotatable bonds is 8. The molecule has 1 rings (SSSR count). The van der Waals surface area contributed by atoms with Crippen molar-refractivity contribution >= 4 is 11.8 Å². The first-order chi connectivity index (χ1) is 7.43. The zero-order valence-electron chi connectivity index (χ0n) is 9.11. The van der Waals surface area contributed by atoms with Crippen LogP contribution in [0.5, 0.6) is 0 Å². The van der Waals surface area contributed by atoms with E-state index in [1.165, 1.54) is 11.3 Å². The summed E-state index contributed by atoms with van der Waals surface area (Å²) in [6.45, 7) is 5.85. The van der Waals surface area contributed by atoms with Crippen LogP contribution < -0.4 is 5.32 Å². The Bertz CT molecular complexity index is 258. The molecule has 0 saturated carbocycles. The van der Waals surface area contributed by atoms with Crippen molar-refractivity contribution in [3.05, 3.63) is 48.6 Å². The molecule has 2 heteroatoms. The maximum atomic E-state index is 3.69. The van der Waals surface area contributed by atoms with E-state index < -0.39 is 0 Å². The molecule has 0 fully saturated rings. The Morgan fingerprint density at radius 2 is 2.00 bits per heavy atom. The van der Waals surface area contributed by atoms with Crippen LogP contribution in [0.3, 0.4) is 0 Å². The van der Waals surface area contributed by atoms with Crippen LogP contribution in [0.4, 0.5) is 0 Å². The van der Waals surface area contributed by atoms with Crippen molar-refractivity contribution < 1.29 is 0 Å². The Kier molecular flexibility index (Phi) is 7.05. The van der Waals surface area contributed by atoms with Gasteiger partial charge in [-0.3, -0.25) is 0 Å². The molecule has 0 heterocycles. The van der Waals surface area contributed by atoms with Crippen LogP contribution in [0.25, 0.3) is 0 Å². The number of hydrogen-bond acceptors (Lipinski definition) is 2. The van der Waals surface area contributed by atoms with Crippen molar-refractivity contribution in [2.24, 2.45) is 0 Å². The lowest BCUT2D eigenvalue weighted by Gasteiger charge is -2.03. The maximum Gasteiger partial charge on any atom is 0.0111 e. The molecule has 0 aliphatic heterocycles. The van der Waals surface area contributed by atoms with Gasteiger partial charge in [0.05, 0.1) is 0 Å². The van der Waals surface area contributed by atoms with E-state index in [0.29, 0.717) is 0 Å². The number of hydrogen-bond donors (Lipinski definition) is 1. The summed E-state index contributed by atoms with van der Waals surface area (Å²) < 4.78 is 0. The van der Waals surface area contributed by atoms with E-state index >= 15 is 0 Å². The molecule has 0 aliphatic carbocycles. The number of benzene rings is 1. The van der Waals surface area contributed by atoms with Crippen molar-refractivity contribution in [1.29, 1.82) is 0 Å². The molecule has 0 spiro atoms. The Hall–Kier alpha value is -0.730. The molecule has 0 atom stereocenters. The largest absolute Gasteiger partial charge is 0.316 e. The van der Waals surface area contributed by atoms with Crippen LogP contribution in [0.2, 0.25) is 0 Å². The predicted molar refractivity (Wildman–Crippen MR) is 70.5 cm³/mol. The molecule has 0 aromatic heterocycles. The summed E-state index contributed by atoms with van der Waals surface area (Å²) in [6, 6.07) is 10.6. The fourth-order valence-corrected chi connectivity index (χ4v) is 1.94. The van der Waals surface area contributed by atoms with E-state index in [0.717, 1.165) is 25.3 Å². The van der Waals surface area contributed by atoms with E-state index in [1.54, 1.807) is 0 Å². The molecular weight excluding hydrogens is 202 g/mol. The summed E-state index contributed by atoms with van der Waals surface area (Å²) in [5, 5.41) is 3.44. The second-order valence-electron chi connectivity index (χ2n) is 3.35. The first-order valence-corrected chi connectivity index (χ1v) is 6.52. The Morgan fingerprint density at radius 3 is 2.73 bits per heavy atom. The zero-order valence-corrected chi connectivity index (χ0v) is 9.93. The van der Waals surface area contributed by atoms with Gasteiger partial charge in [0.2, 0.25) is 0 Å². The van der Waals surface area contributed by atoms with Crippen molar-refractivity contribution in [2.75, 3.05) is 24.6 Å². The van der Waals surface area contributed by atoms with Gasteiger partial charge in [-0.2, -0.15) is 11.8 Å². The fourth-order valence-electron chi connectivity index (χ4n) is 1.31. The minimum Gasteiger partial charge on any atom is -0.316 e. The highest BCUT2D eigenvalue weighted by Crippen LogP contribution is 1.99. The lowest BCUT2D eigenvalue weighted by molar-refractivity contribution is 0.721. The lowest BCUT2D eigenvalue weighted by Crippen LogP contribution is -2.20. The number of nitrogens with one attached hydrogen (secondary N) is 1. The van der Waals surface area contributed by atoms with Gasteiger partial charge in [-0.1, -0.05) is 36.4 Å². The van der Waals surface area contributed by atoms with E-state index in [4.69, 9.17) is 0 Å². The first kappa shape index (κ1) is 12.3. The summed E-state index contributed by atoms with van der Waals surface area (Å²) >= 11 is 1.92. The van der Waals surface area contributed by atoms with Crippen molar-refractivity contribution in [2.45, 2.75) is 6.42 Å². The minimum atomic E-state index is 1.06. The van der Waals surface area contributed by atoms with Gasteiger partial charge in [0.1, 0.15) is 0 Å². The molecule has 1 aromatic carbocycles. The molecular formula is C13H19NS. The van der Waals surface area contributed by atoms with Gasteiger partial charge in [-0.15, -0.1) is 6.58 Å². The molecule has 0 bridgehead atoms. The SMILES string of the molecule is C=CCSCCNCCc1ccccc1. The Balaban J connectivity index is 1.95. The summed E-state index contributed by atoms with van der Waals surface area (Å²) in [5.41, 5.74) is 1.41. The van der Waals surface area contributed by atoms with Gasteiger partial charge in [-0.25, -0.2) is 0 Å². The minimum absolute atomic E-state index is 1.06. The van der Waals surface area contributed by atoms with Crippen LogP contribution in [0.1, 0.15) is 5.56 Å². The standard InChI is InChI=1S/C13H19NS/c1-2-11-15-12-10-14-9-8-13-6-4-3-5-7-13/h2-7,14H,1,8-12H2. The summed E-state index contributed by atoms with van der Waals surface area (Å²) in [7, 11) is 0. The van der Waals surface area contributed by atoms with Crippen LogP contribution in [-0.2, 0) is 6.42 Å². The van der Waals surface area contributed by atoms with E-state index in [9.17, 15) is 0 Å². The third-order valence-electron chi connectivity index (χ3n) is 2.09. The average molecular weight is 221 g/mol. The molecule has 0 radical (unpaired) electrons. The van der Waals surface area contributed by atoms with Crippen LogP contribution in [0, 0.1) is 0 Å². The summed E-state index contributed by atoms with van der Waals surface area (Å²) in [6.07, 6.45) is 3.07. The van der Waals surface area contributed by atoms with E-state index in [-0.39, 0.29) is 0 Å². The van der Waals surface area contributed by atoms with Gasteiger partial charge >= 0.3 is 0 Å². The van der Waals surface area contributed by atoms with Crippen LogP contribution in [-0.4, -0.2) is 24.6 Å². The van der Waals surface area contributed by atoms with Gasteiger partial charge in [0.15, 0.2) is 0 Å². The van der Waals surface area contributed by atoms with Gasteiger partial charge in [-0.05, 0) is 18.5 Å². The molecule has 0 amide bonds. The van der Waals surface area contributed by atoms with Crippen molar-refractivity contribution in [3.63, 3.8) is 0 Å². The molecule has 15 heavy (non-hydrogen) atoms. The second kappa shape index (κ2) is 8.57. The van der Waals surface area contributed by atoms with Gasteiger partial charge in [0, 0.05) is 18.1 Å². The fraction of sp³-hybridized carbons (Fsp3) is 0.385. The molecule has 1 N–H and O–H groups in total. The normalized spacial score (nSPS) is 10.1. The number of thioether (sulfide) groups is 1. The zero-order chi connectivity index (χ0) is 10.8. The molecule has 0 aliphatic rings. The summed E-state index contributed by atoms with van der Waals surface area (Å²) in [5.74, 6) is 2.22. The first-order valence-electron chi connectivity index (χ1n) is 5.37. The van der Waals surface area contributed by atoms with Crippen molar-refractivity contribution in [1.82, 2.24) is 5.32 Å². The van der Waals surface area contributed by atoms with Gasteiger partial charge < -0.3 is 5.32 Å². The average Bonchev–Trinajstić information content (AvgIpc) is 2.29. The van der Waals surface area contributed by atoms with Crippen LogP contribution in [0.15, 0.2) is 43.0 Å². The second-order valence-corrected chi connectivity index (χ2v) is 4.50. The molecule has 1 nitrogen and oxygen atoms in total. The molecule has 0 saturated heterocycles. The predicted octanol–water partition coefficient (Wildman–Crippen LogP) is 2.74. The Labute approximate surface area is 97.0 Å². The van der Waals surface area contributed by atoms with E-state index in [1.807, 2.05) is 17.8 Å². The maximum absolute atomic E-state index is 3.69. The van der Waals surface area contributed by atoms with Gasteiger partial charge in [0.25, 0.3) is 0 Å². The topological polar surface area (TPSA) is 12.0 Å². The Morgan fingerprint density at radius 1 is 1.20 bits per heavy atom. The lowest BCUT2D eigenvalue weighted by atomic mass is 10.1. The summed E-state index contributed by atoms with van der Waals surface area (Å²) in [4.78, 5) is 0. The van der Waals surface area contributed by atoms with E-state index in [2.05, 4.69) is 42.2 Å². The quantitative estimate of drug-likeness (QED) is 0.535. The smallest absolute Gasteiger partial charge is 0.0111 e. The molecule has 1 aromatic rings. The molecule has 82 valence electrons. The van der Waals surface area contributed by atoms with Crippen molar-refractivity contribution in [3.8, 4) is 0 Å². The molecule has 0 unspecified atom stereocenters. The highest BCUT2D eigenvalue weighted by molar-refractivity contribution is 7.99. The van der Waals surface area contributed by atoms with Crippen LogP contribution >= 0.6 is 11.8 Å². The monoisotopic (exact) mass is 221 g/mol. The third-order valence-corrected chi connectivity index (χ3v) is 3.06. The highest BCUT2D eigenvalue weighted by Gasteiger charge is 1.91. The highest BCUT2D eigenvalue weighted by atomic mass is 32.2. The third kappa shape index (κ3) is 6.37.